The van der Waals surface area contributed by atoms with E-state index in [-0.39, 0.29) is 17.7 Å². The Balaban J connectivity index is 2.44. The van der Waals surface area contributed by atoms with Crippen LogP contribution in [0.5, 0.6) is 0 Å². The fourth-order valence-corrected chi connectivity index (χ4v) is 4.20. The van der Waals surface area contributed by atoms with Crippen LogP contribution in [0.25, 0.3) is 0 Å². The van der Waals surface area contributed by atoms with E-state index in [2.05, 4.69) is 5.32 Å². The number of methoxy groups -OCH3 is 1. The lowest BCUT2D eigenvalue weighted by molar-refractivity contribution is -0.117. The van der Waals surface area contributed by atoms with E-state index in [9.17, 15) is 22.4 Å². The molecule has 29 heavy (non-hydrogen) atoms. The van der Waals surface area contributed by atoms with Crippen molar-refractivity contribution in [2.75, 3.05) is 23.0 Å². The van der Waals surface area contributed by atoms with Gasteiger partial charge >= 0.3 is 5.97 Å². The fourth-order valence-electron chi connectivity index (χ4n) is 2.98. The summed E-state index contributed by atoms with van der Waals surface area (Å²) in [4.78, 5) is 24.8. The van der Waals surface area contributed by atoms with Gasteiger partial charge in [0.1, 0.15) is 11.9 Å². The second-order valence-electron chi connectivity index (χ2n) is 6.39. The van der Waals surface area contributed by atoms with Crippen molar-refractivity contribution in [2.24, 2.45) is 0 Å². The van der Waals surface area contributed by atoms with Crippen molar-refractivity contribution < 1.29 is 27.1 Å². The van der Waals surface area contributed by atoms with E-state index in [1.54, 1.807) is 32.0 Å². The molecule has 0 spiro atoms. The van der Waals surface area contributed by atoms with E-state index in [0.29, 0.717) is 11.3 Å². The molecule has 0 aliphatic carbocycles. The van der Waals surface area contributed by atoms with Gasteiger partial charge in [-0.3, -0.25) is 9.10 Å². The number of para-hydroxylation sites is 1. The maximum absolute atomic E-state index is 14.3. The van der Waals surface area contributed by atoms with Crippen LogP contribution in [0.1, 0.15) is 29.3 Å². The number of rotatable bonds is 7. The molecule has 2 aromatic rings. The van der Waals surface area contributed by atoms with Crippen molar-refractivity contribution in [2.45, 2.75) is 26.3 Å². The van der Waals surface area contributed by atoms with E-state index < -0.39 is 33.8 Å². The fraction of sp³-hybridized carbons (Fsp3) is 0.300. The van der Waals surface area contributed by atoms with Crippen molar-refractivity contribution in [1.29, 1.82) is 0 Å². The zero-order valence-corrected chi connectivity index (χ0v) is 17.4. The number of halogens is 1. The number of ether oxygens (including phenoxy) is 1. The minimum atomic E-state index is -3.97. The molecular formula is C20H23FN2O5S. The predicted molar refractivity (Wildman–Crippen MR) is 109 cm³/mol. The molecule has 0 saturated carbocycles. The van der Waals surface area contributed by atoms with Gasteiger partial charge in [-0.2, -0.15) is 0 Å². The van der Waals surface area contributed by atoms with Crippen molar-refractivity contribution in [3.8, 4) is 0 Å². The maximum Gasteiger partial charge on any atom is 0.338 e. The van der Waals surface area contributed by atoms with Gasteiger partial charge in [0.2, 0.25) is 15.9 Å². The monoisotopic (exact) mass is 422 g/mol. The molecule has 156 valence electrons. The van der Waals surface area contributed by atoms with Crippen LogP contribution in [0.15, 0.2) is 42.5 Å². The maximum atomic E-state index is 14.3. The summed E-state index contributed by atoms with van der Waals surface area (Å²) < 4.78 is 44.6. The third kappa shape index (κ3) is 4.92. The summed E-state index contributed by atoms with van der Waals surface area (Å²) in [5.74, 6) is -1.96. The number of esters is 1. The molecule has 1 amide bonds. The third-order valence-electron chi connectivity index (χ3n) is 4.42. The second-order valence-corrected chi connectivity index (χ2v) is 8.25. The van der Waals surface area contributed by atoms with Gasteiger partial charge in [-0.25, -0.2) is 17.6 Å². The molecule has 0 fully saturated rings. The molecule has 0 saturated heterocycles. The molecule has 1 N–H and O–H groups in total. The lowest BCUT2D eigenvalue weighted by Gasteiger charge is -2.30. The topological polar surface area (TPSA) is 92.8 Å². The van der Waals surface area contributed by atoms with Crippen molar-refractivity contribution in [3.63, 3.8) is 0 Å². The summed E-state index contributed by atoms with van der Waals surface area (Å²) in [5, 5.41) is 2.65. The number of sulfonamides is 1. The molecule has 0 aliphatic rings. The Morgan fingerprint density at radius 1 is 1.17 bits per heavy atom. The highest BCUT2D eigenvalue weighted by atomic mass is 32.2. The van der Waals surface area contributed by atoms with Crippen LogP contribution in [-0.4, -0.2) is 39.7 Å². The summed E-state index contributed by atoms with van der Waals surface area (Å²) in [6.07, 6.45) is 1.02. The molecule has 2 aromatic carbocycles. The van der Waals surface area contributed by atoms with Gasteiger partial charge in [-0.1, -0.05) is 25.1 Å². The molecule has 0 aromatic heterocycles. The number of hydrogen-bond acceptors (Lipinski definition) is 5. The number of carbonyl (C=O) groups excluding carboxylic acids is 2. The number of anilines is 2. The minimum absolute atomic E-state index is 0.100. The summed E-state index contributed by atoms with van der Waals surface area (Å²) >= 11 is 0. The first-order chi connectivity index (χ1) is 13.6. The van der Waals surface area contributed by atoms with E-state index >= 15 is 0 Å². The van der Waals surface area contributed by atoms with Gasteiger partial charge in [-0.15, -0.1) is 0 Å². The summed E-state index contributed by atoms with van der Waals surface area (Å²) in [6.45, 7) is 3.26. The number of benzene rings is 2. The van der Waals surface area contributed by atoms with Crippen LogP contribution in [0, 0.1) is 12.7 Å². The zero-order valence-electron chi connectivity index (χ0n) is 16.6. The van der Waals surface area contributed by atoms with E-state index in [1.165, 1.54) is 25.3 Å². The van der Waals surface area contributed by atoms with Crippen LogP contribution in [-0.2, 0) is 19.6 Å². The summed E-state index contributed by atoms with van der Waals surface area (Å²) in [7, 11) is -2.72. The molecule has 2 rings (SSSR count). The summed E-state index contributed by atoms with van der Waals surface area (Å²) in [6, 6.07) is 8.87. The number of carbonyl (C=O) groups is 2. The zero-order chi connectivity index (χ0) is 21.8. The van der Waals surface area contributed by atoms with Crippen molar-refractivity contribution >= 4 is 33.3 Å². The Labute approximate surface area is 169 Å². The molecule has 0 bridgehead atoms. The Kier molecular flexibility index (Phi) is 6.97. The van der Waals surface area contributed by atoms with Crippen LogP contribution in [0.4, 0.5) is 15.8 Å². The van der Waals surface area contributed by atoms with Gasteiger partial charge in [0, 0.05) is 5.69 Å². The van der Waals surface area contributed by atoms with Crippen LogP contribution in [0.2, 0.25) is 0 Å². The number of hydrogen-bond donors (Lipinski definition) is 1. The largest absolute Gasteiger partial charge is 0.465 e. The number of nitrogens with zero attached hydrogens (tertiary/aromatic N) is 1. The Hall–Kier alpha value is -2.94. The van der Waals surface area contributed by atoms with Crippen LogP contribution in [0.3, 0.4) is 0 Å². The molecule has 9 heteroatoms. The highest BCUT2D eigenvalue weighted by molar-refractivity contribution is 7.92. The molecule has 0 radical (unpaired) electrons. The molecule has 1 atom stereocenters. The second kappa shape index (κ2) is 9.04. The molecule has 0 heterocycles. The quantitative estimate of drug-likeness (QED) is 0.692. The smallest absolute Gasteiger partial charge is 0.338 e. The Morgan fingerprint density at radius 2 is 1.83 bits per heavy atom. The highest BCUT2D eigenvalue weighted by Gasteiger charge is 2.33. The minimum Gasteiger partial charge on any atom is -0.465 e. The molecule has 0 aliphatic heterocycles. The normalized spacial score (nSPS) is 12.2. The summed E-state index contributed by atoms with van der Waals surface area (Å²) in [5.41, 5.74) is 0.863. The molecular weight excluding hydrogens is 399 g/mol. The standard InChI is InChI=1S/C20H23FN2O5S/c1-5-17(23(29(4,26)27)18-12-7-6-10-15(18)21)19(24)22-16-11-8-9-14(13(16)2)20(25)28-3/h6-12,17H,5H2,1-4H3,(H,22,24)/t17-/m1/s1. The lowest BCUT2D eigenvalue weighted by Crippen LogP contribution is -2.47. The van der Waals surface area contributed by atoms with Gasteiger partial charge < -0.3 is 10.1 Å². The van der Waals surface area contributed by atoms with Crippen LogP contribution >= 0.6 is 0 Å². The Morgan fingerprint density at radius 3 is 2.38 bits per heavy atom. The predicted octanol–water partition coefficient (Wildman–Crippen LogP) is 3.10. The van der Waals surface area contributed by atoms with Crippen molar-refractivity contribution in [1.82, 2.24) is 0 Å². The van der Waals surface area contributed by atoms with E-state index in [0.717, 1.165) is 16.6 Å². The first-order valence-electron chi connectivity index (χ1n) is 8.84. The number of nitrogens with one attached hydrogen (secondary N) is 1. The molecule has 7 nitrogen and oxygen atoms in total. The highest BCUT2D eigenvalue weighted by Crippen LogP contribution is 2.27. The van der Waals surface area contributed by atoms with Crippen molar-refractivity contribution in [3.05, 3.63) is 59.4 Å². The average Bonchev–Trinajstić information content (AvgIpc) is 2.66. The van der Waals surface area contributed by atoms with Crippen LogP contribution < -0.4 is 9.62 Å². The van der Waals surface area contributed by atoms with E-state index in [4.69, 9.17) is 4.74 Å². The molecule has 0 unspecified atom stereocenters. The number of amides is 1. The Bertz CT molecular complexity index is 1020. The van der Waals surface area contributed by atoms with Gasteiger partial charge in [0.05, 0.1) is 24.6 Å². The van der Waals surface area contributed by atoms with Gasteiger partial charge in [-0.05, 0) is 43.2 Å². The van der Waals surface area contributed by atoms with Gasteiger partial charge in [0.25, 0.3) is 0 Å². The first-order valence-corrected chi connectivity index (χ1v) is 10.7. The third-order valence-corrected chi connectivity index (χ3v) is 5.58. The van der Waals surface area contributed by atoms with Gasteiger partial charge in [0.15, 0.2) is 0 Å². The lowest BCUT2D eigenvalue weighted by atomic mass is 10.1. The average molecular weight is 422 g/mol. The SMILES string of the molecule is CC[C@H](C(=O)Nc1cccc(C(=O)OC)c1C)N(c1ccccc1F)S(C)(=O)=O. The van der Waals surface area contributed by atoms with E-state index in [1.807, 2.05) is 0 Å². The first kappa shape index (κ1) is 22.4.